The minimum absolute atomic E-state index is 0.709. The molecule has 0 spiro atoms. The van der Waals surface area contributed by atoms with E-state index in [0.29, 0.717) is 6.54 Å². The maximum atomic E-state index is 5.45. The van der Waals surface area contributed by atoms with E-state index in [2.05, 4.69) is 46.1 Å². The molecule has 6 heteroatoms. The van der Waals surface area contributed by atoms with E-state index >= 15 is 0 Å². The standard InChI is InChI=1S/C19H25N3O2S/c1-4-20-19(21-11-14-6-8-25-13-14)22-7-5-15-9-17(23-2)18(24-3)10-16(15)12-22/h6,8-10,13H,4-5,7,11-12H2,1-3H3,(H,20,21). The molecule has 2 aromatic rings. The van der Waals surface area contributed by atoms with Crippen LogP contribution in [0.2, 0.25) is 0 Å². The molecule has 1 aromatic carbocycles. The van der Waals surface area contributed by atoms with Crippen molar-refractivity contribution in [2.75, 3.05) is 27.3 Å². The predicted molar refractivity (Wildman–Crippen MR) is 103 cm³/mol. The van der Waals surface area contributed by atoms with E-state index < -0.39 is 0 Å². The lowest BCUT2D eigenvalue weighted by Crippen LogP contribution is -2.44. The molecule has 0 atom stereocenters. The Morgan fingerprint density at radius 3 is 2.64 bits per heavy atom. The lowest BCUT2D eigenvalue weighted by Gasteiger charge is -2.32. The summed E-state index contributed by atoms with van der Waals surface area (Å²) >= 11 is 1.71. The minimum atomic E-state index is 0.709. The van der Waals surface area contributed by atoms with Gasteiger partial charge in [0, 0.05) is 19.6 Å². The predicted octanol–water partition coefficient (Wildman–Crippen LogP) is 3.29. The normalized spacial score (nSPS) is 14.2. The van der Waals surface area contributed by atoms with Crippen molar-refractivity contribution in [2.45, 2.75) is 26.4 Å². The van der Waals surface area contributed by atoms with Gasteiger partial charge in [0.05, 0.1) is 20.8 Å². The second kappa shape index (κ2) is 8.25. The Morgan fingerprint density at radius 2 is 2.00 bits per heavy atom. The largest absolute Gasteiger partial charge is 0.493 e. The lowest BCUT2D eigenvalue weighted by molar-refractivity contribution is 0.346. The fourth-order valence-corrected chi connectivity index (χ4v) is 3.70. The number of hydrogen-bond donors (Lipinski definition) is 1. The number of ether oxygens (including phenoxy) is 2. The van der Waals surface area contributed by atoms with Crippen LogP contribution in [0, 0.1) is 0 Å². The molecule has 0 bridgehead atoms. The highest BCUT2D eigenvalue weighted by atomic mass is 32.1. The number of thiophene rings is 1. The molecule has 0 radical (unpaired) electrons. The molecule has 0 saturated carbocycles. The minimum Gasteiger partial charge on any atom is -0.493 e. The number of guanidine groups is 1. The lowest BCUT2D eigenvalue weighted by atomic mass is 9.99. The Balaban J connectivity index is 1.80. The third kappa shape index (κ3) is 4.07. The number of nitrogens with one attached hydrogen (secondary N) is 1. The molecule has 3 rings (SSSR count). The summed E-state index contributed by atoms with van der Waals surface area (Å²) in [5.74, 6) is 2.55. The molecule has 0 aliphatic carbocycles. The van der Waals surface area contributed by atoms with Gasteiger partial charge in [0.15, 0.2) is 17.5 Å². The number of benzene rings is 1. The van der Waals surface area contributed by atoms with Crippen molar-refractivity contribution >= 4 is 17.3 Å². The molecule has 0 saturated heterocycles. The fraction of sp³-hybridized carbons (Fsp3) is 0.421. The molecule has 5 nitrogen and oxygen atoms in total. The smallest absolute Gasteiger partial charge is 0.194 e. The highest BCUT2D eigenvalue weighted by Crippen LogP contribution is 2.33. The van der Waals surface area contributed by atoms with Gasteiger partial charge in [-0.05, 0) is 59.0 Å². The Morgan fingerprint density at radius 1 is 1.24 bits per heavy atom. The molecule has 0 unspecified atom stereocenters. The maximum absolute atomic E-state index is 5.45. The van der Waals surface area contributed by atoms with Gasteiger partial charge in [-0.2, -0.15) is 11.3 Å². The summed E-state index contributed by atoms with van der Waals surface area (Å²) < 4.78 is 10.9. The zero-order valence-electron chi connectivity index (χ0n) is 15.0. The zero-order chi connectivity index (χ0) is 17.6. The Hall–Kier alpha value is -2.21. The Bertz CT molecular complexity index is 729. The van der Waals surface area contributed by atoms with Crippen molar-refractivity contribution in [2.24, 2.45) is 4.99 Å². The van der Waals surface area contributed by atoms with Gasteiger partial charge in [-0.25, -0.2) is 4.99 Å². The van der Waals surface area contributed by atoms with Crippen LogP contribution in [0.3, 0.4) is 0 Å². The molecule has 25 heavy (non-hydrogen) atoms. The van der Waals surface area contributed by atoms with Crippen LogP contribution in [-0.2, 0) is 19.5 Å². The first-order chi connectivity index (χ1) is 12.2. The van der Waals surface area contributed by atoms with Crippen LogP contribution in [0.25, 0.3) is 0 Å². The number of rotatable bonds is 5. The van der Waals surface area contributed by atoms with Crippen molar-refractivity contribution in [3.63, 3.8) is 0 Å². The van der Waals surface area contributed by atoms with Gasteiger partial charge in [-0.3, -0.25) is 0 Å². The third-order valence-corrected chi connectivity index (χ3v) is 5.08. The van der Waals surface area contributed by atoms with Gasteiger partial charge in [0.2, 0.25) is 0 Å². The van der Waals surface area contributed by atoms with Crippen molar-refractivity contribution < 1.29 is 9.47 Å². The van der Waals surface area contributed by atoms with E-state index in [1.807, 2.05) is 0 Å². The van der Waals surface area contributed by atoms with Crippen LogP contribution in [0.5, 0.6) is 11.5 Å². The quantitative estimate of drug-likeness (QED) is 0.657. The van der Waals surface area contributed by atoms with Crippen molar-refractivity contribution in [1.29, 1.82) is 0 Å². The second-order valence-electron chi connectivity index (χ2n) is 5.95. The average Bonchev–Trinajstić information content (AvgIpc) is 3.17. The highest BCUT2D eigenvalue weighted by molar-refractivity contribution is 7.07. The van der Waals surface area contributed by atoms with Gasteiger partial charge in [-0.1, -0.05) is 0 Å². The Kier molecular flexibility index (Phi) is 5.81. The van der Waals surface area contributed by atoms with Gasteiger partial charge >= 0.3 is 0 Å². The fourth-order valence-electron chi connectivity index (χ4n) is 3.04. The first-order valence-electron chi connectivity index (χ1n) is 8.53. The highest BCUT2D eigenvalue weighted by Gasteiger charge is 2.21. The van der Waals surface area contributed by atoms with Crippen LogP contribution in [0.1, 0.15) is 23.6 Å². The zero-order valence-corrected chi connectivity index (χ0v) is 15.9. The van der Waals surface area contributed by atoms with E-state index in [1.165, 1.54) is 16.7 Å². The van der Waals surface area contributed by atoms with E-state index in [9.17, 15) is 0 Å². The summed E-state index contributed by atoms with van der Waals surface area (Å²) in [5, 5.41) is 7.66. The number of hydrogen-bond acceptors (Lipinski definition) is 4. The monoisotopic (exact) mass is 359 g/mol. The first kappa shape index (κ1) is 17.6. The van der Waals surface area contributed by atoms with E-state index in [-0.39, 0.29) is 0 Å². The summed E-state index contributed by atoms with van der Waals surface area (Å²) in [6.45, 7) is 5.44. The SMILES string of the molecule is CCNC(=NCc1ccsc1)N1CCc2cc(OC)c(OC)cc2C1. The summed E-state index contributed by atoms with van der Waals surface area (Å²) in [6, 6.07) is 6.31. The molecule has 2 heterocycles. The first-order valence-corrected chi connectivity index (χ1v) is 9.47. The van der Waals surface area contributed by atoms with Crippen LogP contribution >= 0.6 is 11.3 Å². The number of nitrogens with zero attached hydrogens (tertiary/aromatic N) is 2. The molecule has 1 aliphatic heterocycles. The molecular weight excluding hydrogens is 334 g/mol. The summed E-state index contributed by atoms with van der Waals surface area (Å²) in [6.07, 6.45) is 0.971. The van der Waals surface area contributed by atoms with Crippen LogP contribution < -0.4 is 14.8 Å². The molecular formula is C19H25N3O2S. The van der Waals surface area contributed by atoms with Gasteiger partial charge in [0.25, 0.3) is 0 Å². The van der Waals surface area contributed by atoms with Crippen LogP contribution in [-0.4, -0.2) is 38.2 Å². The summed E-state index contributed by atoms with van der Waals surface area (Å²) in [4.78, 5) is 7.12. The second-order valence-corrected chi connectivity index (χ2v) is 6.73. The molecule has 0 amide bonds. The van der Waals surface area contributed by atoms with E-state index in [4.69, 9.17) is 14.5 Å². The van der Waals surface area contributed by atoms with Crippen molar-refractivity contribution in [1.82, 2.24) is 10.2 Å². The van der Waals surface area contributed by atoms with Crippen molar-refractivity contribution in [3.8, 4) is 11.5 Å². The van der Waals surface area contributed by atoms with Gasteiger partial charge < -0.3 is 19.7 Å². The summed E-state index contributed by atoms with van der Waals surface area (Å²) in [5.41, 5.74) is 3.84. The average molecular weight is 359 g/mol. The molecule has 134 valence electrons. The number of fused-ring (bicyclic) bond motifs is 1. The number of methoxy groups -OCH3 is 2. The van der Waals surface area contributed by atoms with Crippen molar-refractivity contribution in [3.05, 3.63) is 45.6 Å². The molecule has 1 aromatic heterocycles. The van der Waals surface area contributed by atoms with Gasteiger partial charge in [-0.15, -0.1) is 0 Å². The van der Waals surface area contributed by atoms with E-state index in [0.717, 1.165) is 43.5 Å². The van der Waals surface area contributed by atoms with E-state index in [1.54, 1.807) is 25.6 Å². The Labute approximate surface area is 153 Å². The third-order valence-electron chi connectivity index (χ3n) is 4.34. The molecule has 0 fully saturated rings. The number of aliphatic imine (C=N–C) groups is 1. The molecule has 1 aliphatic rings. The summed E-state index contributed by atoms with van der Waals surface area (Å²) in [7, 11) is 3.36. The van der Waals surface area contributed by atoms with Crippen LogP contribution in [0.4, 0.5) is 0 Å². The topological polar surface area (TPSA) is 46.1 Å². The van der Waals surface area contributed by atoms with Gasteiger partial charge in [0.1, 0.15) is 0 Å². The molecule has 1 N–H and O–H groups in total. The van der Waals surface area contributed by atoms with Crippen LogP contribution in [0.15, 0.2) is 34.0 Å². The maximum Gasteiger partial charge on any atom is 0.194 e.